The molecule has 1 rings (SSSR count). The molecule has 0 radical (unpaired) electrons. The summed E-state index contributed by atoms with van der Waals surface area (Å²) in [6.45, 7) is 10.4. The minimum absolute atomic E-state index is 0.00269. The van der Waals surface area contributed by atoms with Crippen molar-refractivity contribution in [3.05, 3.63) is 29.8 Å². The lowest BCUT2D eigenvalue weighted by atomic mass is 9.87. The smallest absolute Gasteiger partial charge is 0.326 e. The lowest BCUT2D eigenvalue weighted by molar-refractivity contribution is -0.143. The number of phenolic OH excluding ortho intramolecular Hbond substituents is 1. The summed E-state index contributed by atoms with van der Waals surface area (Å²) >= 11 is 1.27. The van der Waals surface area contributed by atoms with Crippen LogP contribution in [0.1, 0.15) is 285 Å². The number of amides is 7. The van der Waals surface area contributed by atoms with E-state index in [2.05, 4.69) is 54.1 Å². The van der Waals surface area contributed by atoms with Gasteiger partial charge in [0.15, 0.2) is 35.1 Å². The molecule has 36 nitrogen and oxygen atoms in total. The highest BCUT2D eigenvalue weighted by Gasteiger charge is 2.40. The number of carboxylic acid groups (broad SMARTS) is 2. The molecule has 0 saturated carbocycles. The first-order chi connectivity index (χ1) is 60.4. The van der Waals surface area contributed by atoms with Crippen molar-refractivity contribution in [3.63, 3.8) is 0 Å². The van der Waals surface area contributed by atoms with Gasteiger partial charge >= 0.3 is 11.9 Å². The van der Waals surface area contributed by atoms with Crippen molar-refractivity contribution in [2.45, 2.75) is 340 Å². The first kappa shape index (κ1) is 116. The molecule has 37 heteroatoms. The maximum Gasteiger partial charge on any atom is 0.326 e. The Morgan fingerprint density at radius 1 is 0.394 bits per heavy atom. The summed E-state index contributed by atoms with van der Waals surface area (Å²) < 4.78 is 0. The number of unbranched alkanes of at least 4 members (excludes halogenated alkanes) is 16. The van der Waals surface area contributed by atoms with Crippen LogP contribution in [0.4, 0.5) is 0 Å². The van der Waals surface area contributed by atoms with Gasteiger partial charge in [0, 0.05) is 69.4 Å². The molecule has 1 aromatic rings. The van der Waals surface area contributed by atoms with E-state index in [0.29, 0.717) is 63.6 Å². The Bertz CT molecular complexity index is 3510. The zero-order valence-electron chi connectivity index (χ0n) is 76.7. The molecule has 0 bridgehead atoms. The van der Waals surface area contributed by atoms with E-state index in [1.807, 2.05) is 13.8 Å². The fraction of sp³-hybridized carbons (Fsp3) is 0.756. The number of nitrogens with one attached hydrogen (secondary N) is 7. The Hall–Kier alpha value is -8.75. The molecule has 0 aliphatic rings. The number of aliphatic hydroxyl groups excluding tert-OH is 2. The molecule has 1 unspecified atom stereocenters. The highest BCUT2D eigenvalue weighted by atomic mass is 32.2. The second-order valence-corrected chi connectivity index (χ2v) is 35.7. The molecule has 0 aliphatic heterocycles. The molecule has 1 aromatic carbocycles. The SMILES string of the molecule is CCCCCCCCCCCCCCCCC(N)C(=O)C[C@@H](CCCCN)C(=O)N[C@@H](CCCCN)C(=O)C[C@@H](CC(C)C)C(=O)N[C@@H](CCCN=C(N)N)C(=O)C[C@@H](CO)C(=O)N[C@@H](CCSC)C(=O)C[C@H](C(=O)N[C@@H](CC(=O)O)C(=O)C[C@@H](CCCCN)C(=O)N[C@@H](Cc1ccc(O)cc1)C(=O)N[C@@H](CCCN=C(N)N)C(=O)N[C@@H](CC(C)C)C(=O)O)[C@@H](C)O. The Labute approximate surface area is 756 Å². The van der Waals surface area contributed by atoms with Crippen LogP contribution >= 0.6 is 11.8 Å². The minimum Gasteiger partial charge on any atom is -0.508 e. The maximum atomic E-state index is 14.7. The van der Waals surface area contributed by atoms with Crippen molar-refractivity contribution >= 4 is 106 Å². The second kappa shape index (κ2) is 68.4. The van der Waals surface area contributed by atoms with Crippen molar-refractivity contribution in [1.82, 2.24) is 37.2 Å². The number of hydrogen-bond donors (Lipinski definition) is 20. The summed E-state index contributed by atoms with van der Waals surface area (Å²) in [6, 6.07) is -5.36. The van der Waals surface area contributed by atoms with Gasteiger partial charge in [-0.05, 0) is 164 Å². The minimum atomic E-state index is -1.91. The van der Waals surface area contributed by atoms with E-state index in [1.165, 1.54) is 100 Å². The number of carbonyl (C=O) groups is 14. The third kappa shape index (κ3) is 52.5. The number of thioether (sulfide) groups is 1. The maximum absolute atomic E-state index is 14.7. The zero-order valence-corrected chi connectivity index (χ0v) is 77.6. The number of aliphatic carboxylic acids is 2. The average Bonchev–Trinajstić information content (AvgIpc) is 0.850. The number of nitrogens with zero attached hydrogens (tertiary/aromatic N) is 2. The van der Waals surface area contributed by atoms with Gasteiger partial charge in [0.25, 0.3) is 0 Å². The first-order valence-corrected chi connectivity index (χ1v) is 47.5. The third-order valence-corrected chi connectivity index (χ3v) is 23.1. The van der Waals surface area contributed by atoms with Gasteiger partial charge in [-0.1, -0.05) is 149 Å². The van der Waals surface area contributed by atoms with Crippen LogP contribution in [-0.2, 0) is 73.5 Å². The number of hydrogen-bond acceptors (Lipinski definition) is 24. The van der Waals surface area contributed by atoms with Crippen LogP contribution in [0.15, 0.2) is 34.3 Å². The molecular weight excluding hydrogens is 1660 g/mol. The summed E-state index contributed by atoms with van der Waals surface area (Å²) in [4.78, 5) is 206. The summed E-state index contributed by atoms with van der Waals surface area (Å²) in [5, 5.41) is 70.8. The summed E-state index contributed by atoms with van der Waals surface area (Å²) in [7, 11) is 0. The Kier molecular flexibility index (Phi) is 62.6. The van der Waals surface area contributed by atoms with E-state index in [4.69, 9.17) is 45.9 Å². The van der Waals surface area contributed by atoms with E-state index in [1.54, 1.807) is 20.1 Å². The largest absolute Gasteiger partial charge is 0.508 e. The number of aliphatic hydroxyl groups is 2. The average molecular weight is 1820 g/mol. The van der Waals surface area contributed by atoms with Gasteiger partial charge in [-0.2, -0.15) is 11.8 Å². The van der Waals surface area contributed by atoms with Crippen LogP contribution in [0.2, 0.25) is 0 Å². The molecule has 7 amide bonds. The molecule has 0 spiro atoms. The number of Topliss-reactive ketones (excluding diaryl/α,β-unsaturated/α-hetero) is 5. The number of aliphatic imine (C=N–C) groups is 2. The number of guanidine groups is 2. The molecule has 127 heavy (non-hydrogen) atoms. The van der Waals surface area contributed by atoms with Crippen molar-refractivity contribution < 1.29 is 92.7 Å². The Balaban J connectivity index is 3.62. The van der Waals surface area contributed by atoms with Crippen molar-refractivity contribution in [2.75, 3.05) is 51.3 Å². The molecule has 0 aliphatic carbocycles. The van der Waals surface area contributed by atoms with Gasteiger partial charge in [0.05, 0.1) is 61.2 Å². The van der Waals surface area contributed by atoms with Crippen LogP contribution < -0.4 is 83.1 Å². The topological polar surface area (TPSA) is 657 Å². The Morgan fingerprint density at radius 3 is 1.21 bits per heavy atom. The van der Waals surface area contributed by atoms with Crippen LogP contribution in [0.5, 0.6) is 5.75 Å². The third-order valence-electron chi connectivity index (χ3n) is 22.5. The molecule has 724 valence electrons. The zero-order chi connectivity index (χ0) is 95.3. The van der Waals surface area contributed by atoms with Gasteiger partial charge in [-0.15, -0.1) is 0 Å². The number of carboxylic acids is 2. The van der Waals surface area contributed by atoms with Crippen molar-refractivity contribution in [2.24, 2.45) is 97.3 Å². The van der Waals surface area contributed by atoms with Gasteiger partial charge in [0.2, 0.25) is 41.4 Å². The highest BCUT2D eigenvalue weighted by molar-refractivity contribution is 7.98. The predicted molar refractivity (Wildman–Crippen MR) is 493 cm³/mol. The van der Waals surface area contributed by atoms with Gasteiger partial charge < -0.3 is 109 Å². The second-order valence-electron chi connectivity index (χ2n) is 34.7. The van der Waals surface area contributed by atoms with E-state index in [-0.39, 0.29) is 144 Å². The van der Waals surface area contributed by atoms with E-state index < -0.39 is 193 Å². The van der Waals surface area contributed by atoms with Gasteiger partial charge in [-0.3, -0.25) is 72.3 Å². The first-order valence-electron chi connectivity index (χ1n) is 46.1. The lowest BCUT2D eigenvalue weighted by Gasteiger charge is -2.27. The van der Waals surface area contributed by atoms with Crippen LogP contribution in [0.3, 0.4) is 0 Å². The van der Waals surface area contributed by atoms with Crippen LogP contribution in [0.25, 0.3) is 0 Å². The molecule has 14 atom stereocenters. The number of ketones is 5. The van der Waals surface area contributed by atoms with E-state index in [9.17, 15) is 92.7 Å². The Morgan fingerprint density at radius 2 is 0.764 bits per heavy atom. The van der Waals surface area contributed by atoms with E-state index in [0.717, 1.165) is 32.6 Å². The monoisotopic (exact) mass is 1810 g/mol. The summed E-state index contributed by atoms with van der Waals surface area (Å²) in [5.41, 5.74) is 46.8. The molecule has 0 heterocycles. The van der Waals surface area contributed by atoms with Crippen molar-refractivity contribution in [1.29, 1.82) is 0 Å². The number of carbonyl (C=O) groups excluding carboxylic acids is 12. The quantitative estimate of drug-likeness (QED) is 0.0239. The van der Waals surface area contributed by atoms with E-state index >= 15 is 0 Å². The van der Waals surface area contributed by atoms with Crippen LogP contribution in [0, 0.1) is 41.4 Å². The summed E-state index contributed by atoms with van der Waals surface area (Å²) in [5.74, 6) is -19.7. The molecule has 28 N–H and O–H groups in total. The highest BCUT2D eigenvalue weighted by Crippen LogP contribution is 2.26. The van der Waals surface area contributed by atoms with Crippen LogP contribution in [-0.4, -0.2) is 225 Å². The number of aromatic hydroxyl groups is 1. The standard InChI is InChI=1S/C90H159N17O19S/c1-8-9-10-11-12-13-14-15-16-17-18-19-20-21-32-67(94)75(111)50-61(30-22-25-41-91)81(118)101-68(33-24-27-43-93)76(112)52-63(47-57(2)3)83(120)102-69(34-28-44-99-89(95)96)77(113)53-64(56-108)84(121)103-70(40-46-127-7)79(115)54-66(59(6)109)85(122)105-72(55-80(116)117)78(114)51-62(31-23-26-42-92)82(119)106-73(49-60-36-38-65(110)39-37-60)87(124)104-71(35-29-45-100-90(97)98)86(123)107-74(88(125)126)48-58(4)5/h36-39,57-59,61-64,66-74,108-110H,8-35,40-56,91-94H2,1-7H3,(H,101,118)(H,102,120)(H,103,121)(H,104,124)(H,105,122)(H,106,119)(H,107,123)(H,116,117)(H,125,126)(H4,95,96,99)(H4,97,98,100)/t59-,61-,62-,63-,64+,66+,67?,68+,69+,70+,71+,72+,73+,74+/m1/s1. The summed E-state index contributed by atoms with van der Waals surface area (Å²) in [6.07, 6.45) is 16.0. The molecule has 0 aromatic heterocycles. The molecule has 0 saturated heterocycles. The fourth-order valence-corrected chi connectivity index (χ4v) is 15.5. The van der Waals surface area contributed by atoms with Crippen molar-refractivity contribution in [3.8, 4) is 5.75 Å². The van der Waals surface area contributed by atoms with Gasteiger partial charge in [0.1, 0.15) is 29.7 Å². The van der Waals surface area contributed by atoms with Gasteiger partial charge in [-0.25, -0.2) is 4.79 Å². The lowest BCUT2D eigenvalue weighted by Crippen LogP contribution is -2.57. The number of rotatable bonds is 78. The molecule has 0 fully saturated rings. The fourth-order valence-electron chi connectivity index (χ4n) is 15.0. The number of benzene rings is 1. The predicted octanol–water partition coefficient (Wildman–Crippen LogP) is 4.68. The molecular formula is C90H159N17O19S. The number of nitrogens with two attached hydrogens (primary N) is 8. The number of phenols is 1. The normalized spacial score (nSPS) is 14.7.